The van der Waals surface area contributed by atoms with Gasteiger partial charge in [-0.3, -0.25) is 14.5 Å². The van der Waals surface area contributed by atoms with Crippen LogP contribution in [0.25, 0.3) is 0 Å². The first kappa shape index (κ1) is 21.8. The molecule has 8 heteroatoms. The number of nitrogens with one attached hydrogen (secondary N) is 2. The summed E-state index contributed by atoms with van der Waals surface area (Å²) in [6, 6.07) is 6.36. The highest BCUT2D eigenvalue weighted by Crippen LogP contribution is 2.19. The van der Waals surface area contributed by atoms with Gasteiger partial charge in [0.2, 0.25) is 11.8 Å². The Bertz CT molecular complexity index is 682. The van der Waals surface area contributed by atoms with Crippen molar-refractivity contribution < 1.29 is 23.9 Å². The third-order valence-corrected chi connectivity index (χ3v) is 4.61. The zero-order valence-corrected chi connectivity index (χ0v) is 16.7. The molecular weight excluding hydrogens is 362 g/mol. The lowest BCUT2D eigenvalue weighted by Crippen LogP contribution is -2.48. The van der Waals surface area contributed by atoms with Gasteiger partial charge in [-0.1, -0.05) is 0 Å². The van der Waals surface area contributed by atoms with Crippen LogP contribution in [0, 0.1) is 5.41 Å². The van der Waals surface area contributed by atoms with E-state index in [0.29, 0.717) is 37.6 Å². The Morgan fingerprint density at radius 2 is 1.75 bits per heavy atom. The SMILES string of the molecule is CCOC(=O)c1ccc(NC(=O)C(C)(C)C(=O)NCCN2CCOCC2)cc1. The molecule has 0 aromatic heterocycles. The van der Waals surface area contributed by atoms with Gasteiger partial charge in [-0.05, 0) is 45.0 Å². The van der Waals surface area contributed by atoms with E-state index in [2.05, 4.69) is 15.5 Å². The molecule has 0 saturated carbocycles. The van der Waals surface area contributed by atoms with Crippen molar-refractivity contribution in [3.05, 3.63) is 29.8 Å². The van der Waals surface area contributed by atoms with Gasteiger partial charge in [0.1, 0.15) is 5.41 Å². The van der Waals surface area contributed by atoms with Gasteiger partial charge < -0.3 is 20.1 Å². The van der Waals surface area contributed by atoms with Gasteiger partial charge >= 0.3 is 5.97 Å². The number of benzene rings is 1. The Morgan fingerprint density at radius 3 is 2.36 bits per heavy atom. The van der Waals surface area contributed by atoms with Crippen molar-refractivity contribution >= 4 is 23.5 Å². The van der Waals surface area contributed by atoms with Gasteiger partial charge in [0.05, 0.1) is 25.4 Å². The highest BCUT2D eigenvalue weighted by Gasteiger charge is 2.36. The number of hydrogen-bond donors (Lipinski definition) is 2. The van der Waals surface area contributed by atoms with Crippen LogP contribution in [0.2, 0.25) is 0 Å². The maximum atomic E-state index is 12.6. The van der Waals surface area contributed by atoms with Crippen molar-refractivity contribution in [1.82, 2.24) is 10.2 Å². The lowest BCUT2D eigenvalue weighted by molar-refractivity contribution is -0.138. The van der Waals surface area contributed by atoms with Crippen LogP contribution in [0.4, 0.5) is 5.69 Å². The fraction of sp³-hybridized carbons (Fsp3) is 0.550. The Balaban J connectivity index is 1.84. The number of morpholine rings is 1. The second-order valence-electron chi connectivity index (χ2n) is 7.09. The van der Waals surface area contributed by atoms with Crippen LogP contribution in [0.5, 0.6) is 0 Å². The maximum absolute atomic E-state index is 12.6. The molecule has 0 atom stereocenters. The van der Waals surface area contributed by atoms with Crippen molar-refractivity contribution in [2.24, 2.45) is 5.41 Å². The lowest BCUT2D eigenvalue weighted by Gasteiger charge is -2.27. The van der Waals surface area contributed by atoms with Gasteiger partial charge in [0.25, 0.3) is 0 Å². The third kappa shape index (κ3) is 6.03. The van der Waals surface area contributed by atoms with E-state index in [4.69, 9.17) is 9.47 Å². The second kappa shape index (κ2) is 10.2. The normalized spacial score (nSPS) is 15.0. The average molecular weight is 391 g/mol. The molecule has 154 valence electrons. The monoisotopic (exact) mass is 391 g/mol. The van der Waals surface area contributed by atoms with E-state index in [-0.39, 0.29) is 5.91 Å². The number of hydrogen-bond acceptors (Lipinski definition) is 6. The predicted molar refractivity (Wildman–Crippen MR) is 105 cm³/mol. The molecule has 2 rings (SSSR count). The van der Waals surface area contributed by atoms with Crippen LogP contribution >= 0.6 is 0 Å². The molecule has 0 radical (unpaired) electrons. The third-order valence-electron chi connectivity index (χ3n) is 4.61. The molecule has 2 N–H and O–H groups in total. The summed E-state index contributed by atoms with van der Waals surface area (Å²) in [6.07, 6.45) is 0. The first-order valence-electron chi connectivity index (χ1n) is 9.51. The Labute approximate surface area is 165 Å². The molecule has 0 spiro atoms. The zero-order chi connectivity index (χ0) is 20.6. The summed E-state index contributed by atoms with van der Waals surface area (Å²) in [4.78, 5) is 38.9. The average Bonchev–Trinajstić information content (AvgIpc) is 2.69. The largest absolute Gasteiger partial charge is 0.462 e. The molecule has 1 fully saturated rings. The standard InChI is InChI=1S/C20H29N3O5/c1-4-28-17(24)15-5-7-16(8-6-15)22-19(26)20(2,3)18(25)21-9-10-23-11-13-27-14-12-23/h5-8H,4,9-14H2,1-3H3,(H,21,25)(H,22,26). The van der Waals surface area contributed by atoms with E-state index < -0.39 is 17.3 Å². The number of carbonyl (C=O) groups is 3. The number of anilines is 1. The number of nitrogens with zero attached hydrogens (tertiary/aromatic N) is 1. The molecule has 0 aliphatic carbocycles. The van der Waals surface area contributed by atoms with E-state index in [1.807, 2.05) is 0 Å². The molecule has 0 bridgehead atoms. The van der Waals surface area contributed by atoms with Crippen molar-refractivity contribution in [3.8, 4) is 0 Å². The lowest BCUT2D eigenvalue weighted by atomic mass is 9.91. The molecule has 1 aromatic carbocycles. The Morgan fingerprint density at radius 1 is 1.11 bits per heavy atom. The summed E-state index contributed by atoms with van der Waals surface area (Å²) in [5.41, 5.74) is -0.322. The Hall–Kier alpha value is -2.45. The van der Waals surface area contributed by atoms with Gasteiger partial charge in [0.15, 0.2) is 0 Å². The topological polar surface area (TPSA) is 97.0 Å². The molecule has 1 aliphatic heterocycles. The number of amides is 2. The van der Waals surface area contributed by atoms with Gasteiger partial charge in [0, 0.05) is 31.9 Å². The maximum Gasteiger partial charge on any atom is 0.338 e. The molecule has 8 nitrogen and oxygen atoms in total. The van der Waals surface area contributed by atoms with E-state index in [1.54, 1.807) is 45.0 Å². The summed E-state index contributed by atoms with van der Waals surface area (Å²) in [7, 11) is 0. The van der Waals surface area contributed by atoms with Crippen LogP contribution in [-0.4, -0.2) is 68.7 Å². The van der Waals surface area contributed by atoms with Crippen molar-refractivity contribution in [3.63, 3.8) is 0 Å². The minimum absolute atomic E-state index is 0.298. The minimum Gasteiger partial charge on any atom is -0.462 e. The van der Waals surface area contributed by atoms with E-state index in [0.717, 1.165) is 19.6 Å². The molecule has 1 aromatic rings. The summed E-state index contributed by atoms with van der Waals surface area (Å²) in [5, 5.41) is 5.55. The van der Waals surface area contributed by atoms with Crippen molar-refractivity contribution in [2.45, 2.75) is 20.8 Å². The number of ether oxygens (including phenoxy) is 2. The van der Waals surface area contributed by atoms with Crippen LogP contribution in [0.1, 0.15) is 31.1 Å². The fourth-order valence-corrected chi connectivity index (χ4v) is 2.67. The van der Waals surface area contributed by atoms with E-state index >= 15 is 0 Å². The fourth-order valence-electron chi connectivity index (χ4n) is 2.67. The number of esters is 1. The van der Waals surface area contributed by atoms with E-state index in [1.165, 1.54) is 0 Å². The number of rotatable bonds is 8. The molecular formula is C20H29N3O5. The van der Waals surface area contributed by atoms with Crippen molar-refractivity contribution in [1.29, 1.82) is 0 Å². The summed E-state index contributed by atoms with van der Waals surface area (Å²) < 4.78 is 10.2. The summed E-state index contributed by atoms with van der Waals surface area (Å²) in [6.45, 7) is 9.51. The highest BCUT2D eigenvalue weighted by molar-refractivity contribution is 6.09. The number of carbonyl (C=O) groups excluding carboxylic acids is 3. The molecule has 1 aliphatic rings. The van der Waals surface area contributed by atoms with Gasteiger partial charge in [-0.15, -0.1) is 0 Å². The quantitative estimate of drug-likeness (QED) is 0.512. The zero-order valence-electron chi connectivity index (χ0n) is 16.7. The smallest absolute Gasteiger partial charge is 0.338 e. The van der Waals surface area contributed by atoms with Crippen LogP contribution in [-0.2, 0) is 19.1 Å². The molecule has 0 unspecified atom stereocenters. The van der Waals surface area contributed by atoms with E-state index in [9.17, 15) is 14.4 Å². The van der Waals surface area contributed by atoms with Crippen LogP contribution in [0.15, 0.2) is 24.3 Å². The highest BCUT2D eigenvalue weighted by atomic mass is 16.5. The minimum atomic E-state index is -1.23. The van der Waals surface area contributed by atoms with Crippen LogP contribution in [0.3, 0.4) is 0 Å². The first-order chi connectivity index (χ1) is 13.3. The molecule has 2 amide bonds. The second-order valence-corrected chi connectivity index (χ2v) is 7.09. The van der Waals surface area contributed by atoms with Gasteiger partial charge in [-0.2, -0.15) is 0 Å². The Kier molecular flexibility index (Phi) is 7.95. The predicted octanol–water partition coefficient (Wildman–Crippen LogP) is 1.28. The van der Waals surface area contributed by atoms with Gasteiger partial charge in [-0.25, -0.2) is 4.79 Å². The summed E-state index contributed by atoms with van der Waals surface area (Å²) >= 11 is 0. The molecule has 1 saturated heterocycles. The summed E-state index contributed by atoms with van der Waals surface area (Å²) in [5.74, 6) is -1.16. The van der Waals surface area contributed by atoms with Crippen LogP contribution < -0.4 is 10.6 Å². The van der Waals surface area contributed by atoms with Crippen molar-refractivity contribution in [2.75, 3.05) is 51.3 Å². The first-order valence-corrected chi connectivity index (χ1v) is 9.51. The molecule has 28 heavy (non-hydrogen) atoms. The molecule has 1 heterocycles.